The van der Waals surface area contributed by atoms with Gasteiger partial charge in [0.15, 0.2) is 0 Å². The molecule has 0 bridgehead atoms. The minimum absolute atomic E-state index is 0.304. The lowest BCUT2D eigenvalue weighted by Gasteiger charge is -2.24. The summed E-state index contributed by atoms with van der Waals surface area (Å²) in [6.45, 7) is 1.54. The van der Waals surface area contributed by atoms with Crippen LogP contribution >= 0.6 is 19.4 Å². The molecule has 2 rings (SSSR count). The van der Waals surface area contributed by atoms with Crippen molar-refractivity contribution in [2.75, 3.05) is 6.16 Å². The maximum atomic E-state index is 14.4. The molecule has 10 heteroatoms. The average Bonchev–Trinajstić information content (AvgIpc) is 2.54. The second-order valence-electron chi connectivity index (χ2n) is 7.21. The van der Waals surface area contributed by atoms with Crippen LogP contribution in [0.1, 0.15) is 30.9 Å². The molecule has 0 aliphatic carbocycles. The summed E-state index contributed by atoms with van der Waals surface area (Å²) < 4.78 is 63.8. The first-order valence-corrected chi connectivity index (χ1v) is 11.3. The van der Waals surface area contributed by atoms with Gasteiger partial charge >= 0.3 is 13.8 Å². The number of aryl methyl sites for hydroxylation is 1. The summed E-state index contributed by atoms with van der Waals surface area (Å²) >= 11 is 1.03. The van der Waals surface area contributed by atoms with Crippen LogP contribution < -0.4 is 5.73 Å². The number of nitrogens with two attached hydrogens (primary N) is 1. The maximum Gasteiger partial charge on any atom is 0.416 e. The largest absolute Gasteiger partial charge is 0.416 e. The van der Waals surface area contributed by atoms with E-state index in [1.807, 2.05) is 0 Å². The molecule has 160 valence electrons. The first-order valence-electron chi connectivity index (χ1n) is 8.72. The van der Waals surface area contributed by atoms with Crippen molar-refractivity contribution in [3.8, 4) is 0 Å². The third kappa shape index (κ3) is 8.10. The van der Waals surface area contributed by atoms with Crippen LogP contribution in [0.5, 0.6) is 0 Å². The molecule has 1 unspecified atom stereocenters. The maximum absolute atomic E-state index is 14.4. The van der Waals surface area contributed by atoms with Gasteiger partial charge in [-0.15, -0.1) is 0 Å². The van der Waals surface area contributed by atoms with Crippen LogP contribution in [-0.2, 0) is 17.2 Å². The van der Waals surface area contributed by atoms with Gasteiger partial charge in [-0.05, 0) is 62.1 Å². The Balaban J connectivity index is 1.99. The van der Waals surface area contributed by atoms with E-state index in [0.717, 1.165) is 23.9 Å². The van der Waals surface area contributed by atoms with E-state index < -0.39 is 36.9 Å². The zero-order valence-electron chi connectivity index (χ0n) is 15.6. The van der Waals surface area contributed by atoms with Crippen LogP contribution in [0.3, 0.4) is 0 Å². The molecular weight excluding hydrogens is 429 g/mol. The van der Waals surface area contributed by atoms with Gasteiger partial charge in [-0.3, -0.25) is 4.57 Å². The number of benzene rings is 2. The van der Waals surface area contributed by atoms with Crippen molar-refractivity contribution in [3.05, 3.63) is 59.4 Å². The molecule has 0 saturated carbocycles. The van der Waals surface area contributed by atoms with E-state index in [-0.39, 0.29) is 0 Å². The first-order chi connectivity index (χ1) is 13.3. The quantitative estimate of drug-likeness (QED) is 0.379. The van der Waals surface area contributed by atoms with Crippen LogP contribution in [0.25, 0.3) is 0 Å². The fourth-order valence-corrected chi connectivity index (χ4v) is 4.90. The molecule has 1 atom stereocenters. The van der Waals surface area contributed by atoms with Gasteiger partial charge in [-0.25, -0.2) is 4.39 Å². The lowest BCUT2D eigenvalue weighted by molar-refractivity contribution is -0.137. The zero-order valence-corrected chi connectivity index (χ0v) is 17.3. The van der Waals surface area contributed by atoms with Crippen LogP contribution in [0.2, 0.25) is 0 Å². The van der Waals surface area contributed by atoms with Crippen molar-refractivity contribution >= 4 is 19.4 Å². The van der Waals surface area contributed by atoms with Crippen LogP contribution in [0.4, 0.5) is 17.6 Å². The molecule has 2 aromatic carbocycles. The number of halogens is 4. The zero-order chi connectivity index (χ0) is 21.9. The molecule has 0 aliphatic rings. The normalized spacial score (nSPS) is 14.6. The first kappa shape index (κ1) is 23.9. The molecule has 0 saturated heterocycles. The Morgan fingerprint density at radius 2 is 1.76 bits per heavy atom. The summed E-state index contributed by atoms with van der Waals surface area (Å²) in [5.74, 6) is -0.490. The van der Waals surface area contributed by atoms with Crippen LogP contribution in [-0.4, -0.2) is 21.5 Å². The molecule has 0 amide bonds. The van der Waals surface area contributed by atoms with Gasteiger partial charge in [0.25, 0.3) is 0 Å². The Morgan fingerprint density at radius 3 is 2.34 bits per heavy atom. The number of hydrogen-bond acceptors (Lipinski definition) is 3. The van der Waals surface area contributed by atoms with E-state index in [2.05, 4.69) is 0 Å². The molecule has 2 aromatic rings. The van der Waals surface area contributed by atoms with E-state index >= 15 is 0 Å². The van der Waals surface area contributed by atoms with Gasteiger partial charge in [0.05, 0.1) is 11.7 Å². The van der Waals surface area contributed by atoms with Crippen molar-refractivity contribution < 1.29 is 31.9 Å². The minimum Gasteiger partial charge on any atom is -0.325 e. The second-order valence-corrected chi connectivity index (χ2v) is 10.0. The molecule has 0 spiro atoms. The van der Waals surface area contributed by atoms with Gasteiger partial charge in [0, 0.05) is 15.3 Å². The molecule has 0 aromatic heterocycles. The molecule has 0 heterocycles. The van der Waals surface area contributed by atoms with E-state index in [1.165, 1.54) is 25.1 Å². The molecule has 0 aliphatic heterocycles. The van der Waals surface area contributed by atoms with Crippen molar-refractivity contribution in [1.29, 1.82) is 0 Å². The van der Waals surface area contributed by atoms with E-state index in [1.54, 1.807) is 12.1 Å². The Bertz CT molecular complexity index is 899. The highest BCUT2D eigenvalue weighted by molar-refractivity contribution is 7.99. The molecule has 4 nitrogen and oxygen atoms in total. The van der Waals surface area contributed by atoms with Crippen LogP contribution in [0, 0.1) is 5.82 Å². The molecule has 0 fully saturated rings. The topological polar surface area (TPSA) is 83.6 Å². The summed E-state index contributed by atoms with van der Waals surface area (Å²) in [5, 5.41) is 0. The molecule has 29 heavy (non-hydrogen) atoms. The average molecular weight is 451 g/mol. The van der Waals surface area contributed by atoms with Gasteiger partial charge in [0.2, 0.25) is 0 Å². The smallest absolute Gasteiger partial charge is 0.325 e. The van der Waals surface area contributed by atoms with Crippen LogP contribution in [0.15, 0.2) is 52.3 Å². The van der Waals surface area contributed by atoms with Gasteiger partial charge in [0.1, 0.15) is 5.82 Å². The fourth-order valence-electron chi connectivity index (χ4n) is 2.90. The van der Waals surface area contributed by atoms with Gasteiger partial charge in [-0.2, -0.15) is 13.2 Å². The Morgan fingerprint density at radius 1 is 1.10 bits per heavy atom. The van der Waals surface area contributed by atoms with Crippen molar-refractivity contribution in [2.45, 2.75) is 47.7 Å². The Labute approximate surface area is 170 Å². The Hall–Kier alpha value is -1.38. The third-order valence-electron chi connectivity index (χ3n) is 4.18. The van der Waals surface area contributed by atoms with Crippen molar-refractivity contribution in [1.82, 2.24) is 0 Å². The lowest BCUT2D eigenvalue weighted by atomic mass is 9.96. The minimum atomic E-state index is -4.44. The lowest BCUT2D eigenvalue weighted by Crippen LogP contribution is -2.40. The summed E-state index contributed by atoms with van der Waals surface area (Å²) in [6.07, 6.45) is -3.82. The van der Waals surface area contributed by atoms with Gasteiger partial charge in [-0.1, -0.05) is 23.9 Å². The Kier molecular flexibility index (Phi) is 7.57. The summed E-state index contributed by atoms with van der Waals surface area (Å²) in [4.78, 5) is 18.9. The monoisotopic (exact) mass is 451 g/mol. The molecular formula is C19H22F4NO3PS. The van der Waals surface area contributed by atoms with E-state index in [4.69, 9.17) is 15.5 Å². The van der Waals surface area contributed by atoms with E-state index in [0.29, 0.717) is 34.6 Å². The summed E-state index contributed by atoms with van der Waals surface area (Å²) in [6, 6.07) is 9.26. The summed E-state index contributed by atoms with van der Waals surface area (Å²) in [5.41, 5.74) is 4.47. The van der Waals surface area contributed by atoms with Crippen molar-refractivity contribution in [3.63, 3.8) is 0 Å². The fraction of sp³-hybridized carbons (Fsp3) is 0.368. The van der Waals surface area contributed by atoms with Gasteiger partial charge < -0.3 is 15.5 Å². The highest BCUT2D eigenvalue weighted by Crippen LogP contribution is 2.39. The second kappa shape index (κ2) is 9.18. The highest BCUT2D eigenvalue weighted by atomic mass is 32.2. The SMILES string of the molecule is CC(N)(CCCc1ccc(Sc2cccc(C(F)(F)F)c2)cc1F)CP(=O)(O)O. The number of hydrogen-bond donors (Lipinski definition) is 3. The third-order valence-corrected chi connectivity index (χ3v) is 6.30. The summed E-state index contributed by atoms with van der Waals surface area (Å²) in [7, 11) is -4.24. The highest BCUT2D eigenvalue weighted by Gasteiger charge is 2.30. The molecule has 4 N–H and O–H groups in total. The van der Waals surface area contributed by atoms with E-state index in [9.17, 15) is 22.1 Å². The van der Waals surface area contributed by atoms with Crippen molar-refractivity contribution in [2.24, 2.45) is 5.73 Å². The standard InChI is InChI=1S/C19H22F4NO3PS/c1-18(24,12-28(25,26)27)9-3-4-13-7-8-16(11-17(13)20)29-15-6-2-5-14(10-15)19(21,22)23/h2,5-8,10-11H,3-4,9,12,24H2,1H3,(H2,25,26,27). The molecule has 0 radical (unpaired) electrons. The predicted molar refractivity (Wildman–Crippen MR) is 104 cm³/mol. The predicted octanol–water partition coefficient (Wildman–Crippen LogP) is 5.21. The number of alkyl halides is 3. The number of rotatable bonds is 8.